The summed E-state index contributed by atoms with van der Waals surface area (Å²) >= 11 is 0. The lowest BCUT2D eigenvalue weighted by Crippen LogP contribution is -2.42. The Kier molecular flexibility index (Phi) is 9.45. The topological polar surface area (TPSA) is 126 Å². The lowest BCUT2D eigenvalue weighted by atomic mass is 10.1. The average Bonchev–Trinajstić information content (AvgIpc) is 3.19. The summed E-state index contributed by atoms with van der Waals surface area (Å²) in [6.07, 6.45) is 1.83. The van der Waals surface area contributed by atoms with Crippen LogP contribution in [0.3, 0.4) is 0 Å². The van der Waals surface area contributed by atoms with E-state index in [9.17, 15) is 18.8 Å². The number of aromatic amines is 2. The normalized spacial score (nSPS) is 10.9. The van der Waals surface area contributed by atoms with Gasteiger partial charge in [-0.25, -0.2) is 13.9 Å². The Hall–Kier alpha value is -3.56. The van der Waals surface area contributed by atoms with E-state index in [2.05, 4.69) is 20.6 Å². The highest BCUT2D eigenvalue weighted by atomic mass is 19.1. The van der Waals surface area contributed by atoms with Crippen LogP contribution in [-0.4, -0.2) is 36.4 Å². The van der Waals surface area contributed by atoms with Crippen LogP contribution in [0.15, 0.2) is 46.1 Å². The molecular formula is C23H33FN6O3. The van der Waals surface area contributed by atoms with Gasteiger partial charge in [0.15, 0.2) is 0 Å². The van der Waals surface area contributed by atoms with E-state index in [-0.39, 0.29) is 17.1 Å². The van der Waals surface area contributed by atoms with Gasteiger partial charge in [-0.3, -0.25) is 14.6 Å². The van der Waals surface area contributed by atoms with Gasteiger partial charge in [0.05, 0.1) is 11.7 Å². The predicted molar refractivity (Wildman–Crippen MR) is 127 cm³/mol. The maximum Gasteiger partial charge on any atom is 0.326 e. The second-order valence-electron chi connectivity index (χ2n) is 8.94. The summed E-state index contributed by atoms with van der Waals surface area (Å²) in [7, 11) is 0. The summed E-state index contributed by atoms with van der Waals surface area (Å²) in [5.74, 6) is -0.742. The zero-order chi connectivity index (χ0) is 25.4. The van der Waals surface area contributed by atoms with Crippen molar-refractivity contribution < 1.29 is 9.18 Å². The van der Waals surface area contributed by atoms with Crippen molar-refractivity contribution in [2.45, 2.75) is 66.5 Å². The van der Waals surface area contributed by atoms with Crippen molar-refractivity contribution in [3.05, 3.63) is 68.9 Å². The Morgan fingerprint density at radius 1 is 1.03 bits per heavy atom. The molecule has 0 atom stereocenters. The smallest absolute Gasteiger partial charge is 0.326 e. The van der Waals surface area contributed by atoms with Crippen molar-refractivity contribution in [2.24, 2.45) is 0 Å². The molecule has 0 bridgehead atoms. The van der Waals surface area contributed by atoms with E-state index in [4.69, 9.17) is 0 Å². The zero-order valence-corrected chi connectivity index (χ0v) is 20.4. The Bertz CT molecular complexity index is 1140. The third-order valence-corrected chi connectivity index (χ3v) is 3.79. The molecule has 0 fully saturated rings. The molecule has 9 nitrogen and oxygen atoms in total. The van der Waals surface area contributed by atoms with Crippen LogP contribution in [0.1, 0.15) is 65.9 Å². The van der Waals surface area contributed by atoms with Gasteiger partial charge in [-0.2, -0.15) is 0 Å². The lowest BCUT2D eigenvalue weighted by Gasteiger charge is -2.19. The number of nitrogens with zero attached hydrogens (tertiary/aromatic N) is 3. The van der Waals surface area contributed by atoms with Gasteiger partial charge in [-0.05, 0) is 53.7 Å². The van der Waals surface area contributed by atoms with E-state index in [1.807, 2.05) is 51.9 Å². The first kappa shape index (κ1) is 27.5. The first-order valence-corrected chi connectivity index (χ1v) is 10.6. The largest absolute Gasteiger partial charge is 0.346 e. The molecule has 0 aliphatic carbocycles. The molecule has 3 N–H and O–H groups in total. The van der Waals surface area contributed by atoms with E-state index in [1.54, 1.807) is 31.5 Å². The summed E-state index contributed by atoms with van der Waals surface area (Å²) in [5, 5.41) is 10.7. The first-order valence-electron chi connectivity index (χ1n) is 10.6. The minimum atomic E-state index is -0.693. The van der Waals surface area contributed by atoms with Crippen LogP contribution in [-0.2, 0) is 5.54 Å². The second-order valence-corrected chi connectivity index (χ2v) is 8.94. The molecule has 3 rings (SSSR count). The monoisotopic (exact) mass is 460 g/mol. The summed E-state index contributed by atoms with van der Waals surface area (Å²) < 4.78 is 14.8. The van der Waals surface area contributed by atoms with Crippen LogP contribution in [0.5, 0.6) is 0 Å². The third-order valence-electron chi connectivity index (χ3n) is 3.79. The van der Waals surface area contributed by atoms with E-state index in [0.717, 1.165) is 11.6 Å². The molecule has 3 aromatic rings. The molecule has 0 aliphatic rings. The molecule has 0 spiro atoms. The van der Waals surface area contributed by atoms with Gasteiger partial charge < -0.3 is 10.3 Å². The van der Waals surface area contributed by atoms with Crippen LogP contribution >= 0.6 is 0 Å². The molecule has 2 aromatic heterocycles. The molecule has 0 saturated heterocycles. The highest BCUT2D eigenvalue weighted by molar-refractivity contribution is 5.92. The number of hydrogen-bond donors (Lipinski definition) is 3. The fraction of sp³-hybridized carbons (Fsp3) is 0.435. The predicted octanol–water partition coefficient (Wildman–Crippen LogP) is 3.46. The number of aromatic nitrogens is 5. The summed E-state index contributed by atoms with van der Waals surface area (Å²) in [6.45, 7) is 15.5. The van der Waals surface area contributed by atoms with E-state index >= 15 is 0 Å². The van der Waals surface area contributed by atoms with Crippen molar-refractivity contribution in [1.29, 1.82) is 0 Å². The van der Waals surface area contributed by atoms with E-state index in [0.29, 0.717) is 5.69 Å². The highest BCUT2D eigenvalue weighted by Crippen LogP contribution is 2.20. The number of carbonyl (C=O) groups excluding carboxylic acids is 1. The Morgan fingerprint density at radius 2 is 1.67 bits per heavy atom. The molecule has 2 heterocycles. The molecule has 0 radical (unpaired) electrons. The zero-order valence-electron chi connectivity index (χ0n) is 20.4. The molecule has 180 valence electrons. The van der Waals surface area contributed by atoms with Crippen molar-refractivity contribution in [3.8, 4) is 11.3 Å². The molecule has 0 aliphatic heterocycles. The number of amides is 1. The number of hydrogen-bond acceptors (Lipinski definition) is 5. The highest BCUT2D eigenvalue weighted by Gasteiger charge is 2.17. The van der Waals surface area contributed by atoms with Crippen molar-refractivity contribution >= 4 is 5.91 Å². The summed E-state index contributed by atoms with van der Waals surface area (Å²) in [6, 6.07) is 7.40. The van der Waals surface area contributed by atoms with Gasteiger partial charge in [-0.1, -0.05) is 31.2 Å². The van der Waals surface area contributed by atoms with Crippen molar-refractivity contribution in [2.75, 3.05) is 0 Å². The van der Waals surface area contributed by atoms with Crippen LogP contribution in [0.2, 0.25) is 0 Å². The van der Waals surface area contributed by atoms with Gasteiger partial charge in [0.2, 0.25) is 0 Å². The molecule has 0 saturated carbocycles. The van der Waals surface area contributed by atoms with Crippen LogP contribution in [0.25, 0.3) is 11.3 Å². The van der Waals surface area contributed by atoms with Gasteiger partial charge >= 0.3 is 5.69 Å². The quantitative estimate of drug-likeness (QED) is 0.540. The van der Waals surface area contributed by atoms with Crippen LogP contribution in [0, 0.1) is 5.82 Å². The summed E-state index contributed by atoms with van der Waals surface area (Å²) in [5.41, 5.74) is -0.433. The maximum absolute atomic E-state index is 13.0. The van der Waals surface area contributed by atoms with Crippen LogP contribution < -0.4 is 16.6 Å². The number of halogens is 1. The molecular weight excluding hydrogens is 427 g/mol. The lowest BCUT2D eigenvalue weighted by molar-refractivity contribution is 0.0913. The molecule has 1 amide bonds. The van der Waals surface area contributed by atoms with Gasteiger partial charge in [0.1, 0.15) is 17.2 Å². The SMILES string of the molecule is CC.CC(C)(C)NC(=O)c1cc(=O)[nH]c(=O)[nH]1.CC(C)(C)n1cc(-c2cccc(F)c2)nn1. The number of benzene rings is 1. The van der Waals surface area contributed by atoms with Gasteiger partial charge in [0, 0.05) is 17.2 Å². The van der Waals surface area contributed by atoms with Gasteiger partial charge in [0.25, 0.3) is 11.5 Å². The Balaban J connectivity index is 0.000000308. The second kappa shape index (κ2) is 11.3. The van der Waals surface area contributed by atoms with Crippen molar-refractivity contribution in [3.63, 3.8) is 0 Å². The third kappa shape index (κ3) is 9.22. The van der Waals surface area contributed by atoms with Gasteiger partial charge in [-0.15, -0.1) is 5.10 Å². The van der Waals surface area contributed by atoms with Crippen LogP contribution in [0.4, 0.5) is 4.39 Å². The molecule has 1 aromatic carbocycles. The standard InChI is InChI=1S/C12H14FN3.C9H13N3O3.C2H6/c1-12(2,3)16-8-11(14-15-16)9-5-4-6-10(13)7-9;1-9(2,3)12-7(14)5-4-6(13)11-8(15)10-5;1-2/h4-8H,1-3H3;4H,1-3H3,(H,12,14)(H2,10,11,13,15);1-2H3. The molecule has 33 heavy (non-hydrogen) atoms. The van der Waals surface area contributed by atoms with E-state index < -0.39 is 22.7 Å². The van der Waals surface area contributed by atoms with E-state index in [1.165, 1.54) is 12.1 Å². The minimum absolute atomic E-state index is 0.0429. The number of H-pyrrole nitrogens is 2. The Morgan fingerprint density at radius 3 is 2.15 bits per heavy atom. The fourth-order valence-electron chi connectivity index (χ4n) is 2.37. The number of carbonyl (C=O) groups is 1. The summed E-state index contributed by atoms with van der Waals surface area (Å²) in [4.78, 5) is 37.6. The first-order chi connectivity index (χ1) is 15.2. The fourth-order valence-corrected chi connectivity index (χ4v) is 2.37. The molecule has 10 heteroatoms. The van der Waals surface area contributed by atoms with Crippen molar-refractivity contribution in [1.82, 2.24) is 30.3 Å². The maximum atomic E-state index is 13.0. The minimum Gasteiger partial charge on any atom is -0.346 e. The Labute approximate surface area is 192 Å². The number of rotatable bonds is 2. The average molecular weight is 461 g/mol. The number of nitrogens with one attached hydrogen (secondary N) is 3. The molecule has 0 unspecified atom stereocenters.